The van der Waals surface area contributed by atoms with E-state index in [-0.39, 0.29) is 17.9 Å². The Balaban J connectivity index is 1.52. The number of hydrogen-bond donors (Lipinski definition) is 1. The van der Waals surface area contributed by atoms with Gasteiger partial charge in [-0.1, -0.05) is 35.9 Å². The average Bonchev–Trinajstić information content (AvgIpc) is 2.73. The van der Waals surface area contributed by atoms with Crippen molar-refractivity contribution in [3.05, 3.63) is 94.8 Å². The Kier molecular flexibility index (Phi) is 7.13. The van der Waals surface area contributed by atoms with Gasteiger partial charge < -0.3 is 9.47 Å². The van der Waals surface area contributed by atoms with Crippen molar-refractivity contribution in [3.8, 4) is 11.5 Å². The molecule has 0 atom stereocenters. The number of halogens is 2. The summed E-state index contributed by atoms with van der Waals surface area (Å²) in [5.74, 6) is -0.950. The summed E-state index contributed by atoms with van der Waals surface area (Å²) >= 11 is 5.85. The number of rotatable bonds is 7. The maximum Gasteiger partial charge on any atom is 0.343 e. The normalized spacial score (nSPS) is 10.6. The molecule has 3 aromatic carbocycles. The van der Waals surface area contributed by atoms with Gasteiger partial charge in [-0.15, -0.1) is 0 Å². The van der Waals surface area contributed by atoms with Gasteiger partial charge in [-0.05, 0) is 54.1 Å². The first kappa shape index (κ1) is 21.0. The molecule has 6 nitrogen and oxygen atoms in total. The SMILES string of the molecule is O=C(COc1cccc(Cl)c1)NN=Cc1cccc(OC(=O)c2cccc(F)c2)c1. The minimum Gasteiger partial charge on any atom is -0.484 e. The standard InChI is InChI=1S/C22H16ClFN2O4/c23-17-6-3-8-19(12-17)29-14-21(27)26-25-13-15-4-1-9-20(10-15)30-22(28)16-5-2-7-18(24)11-16/h1-13H,14H2,(H,26,27). The molecule has 8 heteroatoms. The first-order valence-corrected chi connectivity index (χ1v) is 9.15. The first-order valence-electron chi connectivity index (χ1n) is 8.78. The topological polar surface area (TPSA) is 77.0 Å². The van der Waals surface area contributed by atoms with Gasteiger partial charge in [0.15, 0.2) is 6.61 Å². The van der Waals surface area contributed by atoms with Gasteiger partial charge in [-0.3, -0.25) is 4.79 Å². The summed E-state index contributed by atoms with van der Waals surface area (Å²) in [5, 5.41) is 4.34. The van der Waals surface area contributed by atoms with E-state index < -0.39 is 17.7 Å². The molecule has 0 aliphatic rings. The molecule has 0 aliphatic carbocycles. The Morgan fingerprint density at radius 1 is 1.00 bits per heavy atom. The number of amides is 1. The molecular formula is C22H16ClFN2O4. The van der Waals surface area contributed by atoms with Gasteiger partial charge in [0.1, 0.15) is 17.3 Å². The lowest BCUT2D eigenvalue weighted by molar-refractivity contribution is -0.123. The lowest BCUT2D eigenvalue weighted by Gasteiger charge is -2.06. The fourth-order valence-electron chi connectivity index (χ4n) is 2.36. The third-order valence-corrected chi connectivity index (χ3v) is 3.93. The smallest absolute Gasteiger partial charge is 0.343 e. The van der Waals surface area contributed by atoms with Crippen molar-refractivity contribution < 1.29 is 23.5 Å². The number of nitrogens with one attached hydrogen (secondary N) is 1. The van der Waals surface area contributed by atoms with E-state index in [1.165, 1.54) is 24.4 Å². The van der Waals surface area contributed by atoms with E-state index in [1.54, 1.807) is 48.5 Å². The minimum atomic E-state index is -0.685. The maximum atomic E-state index is 13.2. The summed E-state index contributed by atoms with van der Waals surface area (Å²) in [4.78, 5) is 23.9. The fourth-order valence-corrected chi connectivity index (χ4v) is 2.54. The molecule has 0 aliphatic heterocycles. The molecule has 0 saturated heterocycles. The van der Waals surface area contributed by atoms with Crippen LogP contribution < -0.4 is 14.9 Å². The van der Waals surface area contributed by atoms with Crippen molar-refractivity contribution in [1.82, 2.24) is 5.43 Å². The van der Waals surface area contributed by atoms with Crippen LogP contribution in [0.25, 0.3) is 0 Å². The number of nitrogens with zero attached hydrogens (tertiary/aromatic N) is 1. The van der Waals surface area contributed by atoms with Gasteiger partial charge >= 0.3 is 5.97 Å². The Morgan fingerprint density at radius 2 is 1.77 bits per heavy atom. The molecule has 0 heterocycles. The molecule has 1 amide bonds. The number of hydrogen-bond acceptors (Lipinski definition) is 5. The zero-order valence-corrected chi connectivity index (χ0v) is 16.3. The molecule has 3 rings (SSSR count). The van der Waals surface area contributed by atoms with Crippen LogP contribution in [-0.4, -0.2) is 24.7 Å². The largest absolute Gasteiger partial charge is 0.484 e. The van der Waals surface area contributed by atoms with Crippen LogP contribution in [0.1, 0.15) is 15.9 Å². The number of esters is 1. The molecule has 0 aromatic heterocycles. The van der Waals surface area contributed by atoms with E-state index in [0.29, 0.717) is 16.3 Å². The third kappa shape index (κ3) is 6.42. The van der Waals surface area contributed by atoms with Crippen LogP contribution in [0.5, 0.6) is 11.5 Å². The van der Waals surface area contributed by atoms with Crippen molar-refractivity contribution in [2.45, 2.75) is 0 Å². The highest BCUT2D eigenvalue weighted by Gasteiger charge is 2.09. The summed E-state index contributed by atoms with van der Waals surface area (Å²) < 4.78 is 23.8. The van der Waals surface area contributed by atoms with Crippen molar-refractivity contribution in [2.24, 2.45) is 5.10 Å². The summed E-state index contributed by atoms with van der Waals surface area (Å²) in [6, 6.07) is 18.4. The van der Waals surface area contributed by atoms with Gasteiger partial charge in [0.25, 0.3) is 5.91 Å². The molecule has 0 bridgehead atoms. The molecule has 152 valence electrons. The highest BCUT2D eigenvalue weighted by molar-refractivity contribution is 6.30. The van der Waals surface area contributed by atoms with Crippen LogP contribution in [0.2, 0.25) is 5.02 Å². The minimum absolute atomic E-state index is 0.0982. The Hall–Kier alpha value is -3.71. The number of hydrazone groups is 1. The van der Waals surface area contributed by atoms with Crippen molar-refractivity contribution >= 4 is 29.7 Å². The van der Waals surface area contributed by atoms with Crippen LogP contribution in [0.3, 0.4) is 0 Å². The highest BCUT2D eigenvalue weighted by Crippen LogP contribution is 2.17. The lowest BCUT2D eigenvalue weighted by Crippen LogP contribution is -2.24. The van der Waals surface area contributed by atoms with Crippen molar-refractivity contribution in [2.75, 3.05) is 6.61 Å². The fraction of sp³-hybridized carbons (Fsp3) is 0.0455. The van der Waals surface area contributed by atoms with E-state index in [0.717, 1.165) is 6.07 Å². The van der Waals surface area contributed by atoms with Gasteiger partial charge in [-0.25, -0.2) is 14.6 Å². The molecule has 0 saturated carbocycles. The molecule has 1 N–H and O–H groups in total. The predicted octanol–water partition coefficient (Wildman–Crippen LogP) is 4.23. The van der Waals surface area contributed by atoms with Crippen molar-refractivity contribution in [3.63, 3.8) is 0 Å². The zero-order valence-electron chi connectivity index (χ0n) is 15.5. The van der Waals surface area contributed by atoms with E-state index in [2.05, 4.69) is 10.5 Å². The Bertz CT molecular complexity index is 1090. The van der Waals surface area contributed by atoms with Crippen LogP contribution >= 0.6 is 11.6 Å². The Morgan fingerprint density at radius 3 is 2.57 bits per heavy atom. The molecule has 0 spiro atoms. The van der Waals surface area contributed by atoms with Crippen LogP contribution in [0.4, 0.5) is 4.39 Å². The van der Waals surface area contributed by atoms with E-state index in [9.17, 15) is 14.0 Å². The summed E-state index contributed by atoms with van der Waals surface area (Å²) in [7, 11) is 0. The number of benzene rings is 3. The summed E-state index contributed by atoms with van der Waals surface area (Å²) in [6.45, 7) is -0.233. The van der Waals surface area contributed by atoms with E-state index >= 15 is 0 Å². The number of ether oxygens (including phenoxy) is 2. The van der Waals surface area contributed by atoms with Gasteiger partial charge in [0, 0.05) is 5.02 Å². The number of carbonyl (C=O) groups is 2. The summed E-state index contributed by atoms with van der Waals surface area (Å²) in [5.41, 5.74) is 3.01. The second-order valence-electron chi connectivity index (χ2n) is 6.01. The average molecular weight is 427 g/mol. The van der Waals surface area contributed by atoms with Crippen LogP contribution in [0, 0.1) is 5.82 Å². The monoisotopic (exact) mass is 426 g/mol. The number of carbonyl (C=O) groups excluding carboxylic acids is 2. The maximum absolute atomic E-state index is 13.2. The van der Waals surface area contributed by atoms with E-state index in [1.807, 2.05) is 0 Å². The molecule has 0 fully saturated rings. The highest BCUT2D eigenvalue weighted by atomic mass is 35.5. The van der Waals surface area contributed by atoms with Gasteiger partial charge in [0.2, 0.25) is 0 Å². The quantitative estimate of drug-likeness (QED) is 0.265. The zero-order chi connectivity index (χ0) is 21.3. The second kappa shape index (κ2) is 10.2. The van der Waals surface area contributed by atoms with E-state index in [4.69, 9.17) is 21.1 Å². The lowest BCUT2D eigenvalue weighted by atomic mass is 10.2. The molecule has 30 heavy (non-hydrogen) atoms. The van der Waals surface area contributed by atoms with Gasteiger partial charge in [-0.2, -0.15) is 5.10 Å². The second-order valence-corrected chi connectivity index (χ2v) is 6.45. The molecule has 0 radical (unpaired) electrons. The van der Waals surface area contributed by atoms with Gasteiger partial charge in [0.05, 0.1) is 11.8 Å². The third-order valence-electron chi connectivity index (χ3n) is 3.70. The first-order chi connectivity index (χ1) is 14.5. The van der Waals surface area contributed by atoms with Crippen LogP contribution in [0.15, 0.2) is 77.9 Å². The summed E-state index contributed by atoms with van der Waals surface area (Å²) in [6.07, 6.45) is 1.39. The Labute approximate surface area is 176 Å². The van der Waals surface area contributed by atoms with Crippen LogP contribution in [-0.2, 0) is 4.79 Å². The van der Waals surface area contributed by atoms with Crippen molar-refractivity contribution in [1.29, 1.82) is 0 Å². The predicted molar refractivity (Wildman–Crippen MR) is 110 cm³/mol. The molecule has 0 unspecified atom stereocenters. The molecule has 3 aromatic rings. The molecular weight excluding hydrogens is 411 g/mol.